The highest BCUT2D eigenvalue weighted by Gasteiger charge is 2.22. The fourth-order valence-corrected chi connectivity index (χ4v) is 3.81. The zero-order chi connectivity index (χ0) is 18.8. The minimum absolute atomic E-state index is 0.0993. The van der Waals surface area contributed by atoms with Gasteiger partial charge in [-0.05, 0) is 44.3 Å². The van der Waals surface area contributed by atoms with Crippen LogP contribution >= 0.6 is 15.9 Å². The average Bonchev–Trinajstić information content (AvgIpc) is 2.91. The van der Waals surface area contributed by atoms with E-state index in [-0.39, 0.29) is 5.91 Å². The second-order valence-corrected chi connectivity index (χ2v) is 7.94. The van der Waals surface area contributed by atoms with Gasteiger partial charge in [0.25, 0.3) is 5.91 Å². The lowest BCUT2D eigenvalue weighted by atomic mass is 10.0. The Hall–Kier alpha value is -2.24. The van der Waals surface area contributed by atoms with E-state index in [1.165, 1.54) is 0 Å². The number of aromatic nitrogens is 1. The largest absolute Gasteiger partial charge is 0.337 e. The van der Waals surface area contributed by atoms with Gasteiger partial charge in [0.15, 0.2) is 0 Å². The Labute approximate surface area is 167 Å². The quantitative estimate of drug-likeness (QED) is 0.610. The maximum atomic E-state index is 13.4. The van der Waals surface area contributed by atoms with E-state index in [2.05, 4.69) is 27.9 Å². The molecule has 2 heterocycles. The van der Waals surface area contributed by atoms with E-state index >= 15 is 0 Å². The van der Waals surface area contributed by atoms with Crippen LogP contribution in [0.5, 0.6) is 0 Å². The molecule has 0 atom stereocenters. The molecule has 1 aromatic heterocycles. The Kier molecular flexibility index (Phi) is 5.23. The number of fused-ring (bicyclic) bond motifs is 1. The first-order chi connectivity index (χ1) is 13.1. The molecular formula is C22H22BrN3O. The summed E-state index contributed by atoms with van der Waals surface area (Å²) in [7, 11) is 2.11. The first-order valence-electron chi connectivity index (χ1n) is 9.25. The number of para-hydroxylation sites is 1. The lowest BCUT2D eigenvalue weighted by Gasteiger charge is -2.22. The lowest BCUT2D eigenvalue weighted by molar-refractivity contribution is 0.0765. The number of nitrogens with zero attached hydrogens (tertiary/aromatic N) is 3. The maximum absolute atomic E-state index is 13.4. The minimum Gasteiger partial charge on any atom is -0.337 e. The smallest absolute Gasteiger partial charge is 0.254 e. The molecule has 1 aliphatic rings. The number of hydrogen-bond donors (Lipinski definition) is 0. The van der Waals surface area contributed by atoms with Crippen LogP contribution in [-0.4, -0.2) is 53.9 Å². The summed E-state index contributed by atoms with van der Waals surface area (Å²) < 4.78 is 1.03. The standard InChI is InChI=1S/C22H22BrN3O/c1-25-11-4-12-26(14-13-25)22(27)19-15-21(16-7-9-17(23)10-8-16)24-20-6-3-2-5-18(19)20/h2-3,5-10,15H,4,11-14H2,1H3. The number of benzene rings is 2. The number of hydrogen-bond acceptors (Lipinski definition) is 3. The van der Waals surface area contributed by atoms with Crippen molar-refractivity contribution < 1.29 is 4.79 Å². The van der Waals surface area contributed by atoms with Gasteiger partial charge >= 0.3 is 0 Å². The van der Waals surface area contributed by atoms with Crippen molar-refractivity contribution in [1.29, 1.82) is 0 Å². The van der Waals surface area contributed by atoms with Crippen molar-refractivity contribution in [3.05, 3.63) is 64.6 Å². The van der Waals surface area contributed by atoms with Crippen molar-refractivity contribution in [1.82, 2.24) is 14.8 Å². The highest BCUT2D eigenvalue weighted by atomic mass is 79.9. The lowest BCUT2D eigenvalue weighted by Crippen LogP contribution is -2.34. The third-order valence-electron chi connectivity index (χ3n) is 5.09. The fourth-order valence-electron chi connectivity index (χ4n) is 3.54. The molecule has 0 saturated carbocycles. The van der Waals surface area contributed by atoms with Gasteiger partial charge in [-0.15, -0.1) is 0 Å². The molecule has 0 bridgehead atoms. The van der Waals surface area contributed by atoms with Gasteiger partial charge in [-0.25, -0.2) is 4.98 Å². The molecule has 5 heteroatoms. The number of halogens is 1. The van der Waals surface area contributed by atoms with Crippen molar-refractivity contribution in [2.24, 2.45) is 0 Å². The second-order valence-electron chi connectivity index (χ2n) is 7.03. The molecule has 1 amide bonds. The van der Waals surface area contributed by atoms with Crippen LogP contribution in [0.15, 0.2) is 59.1 Å². The van der Waals surface area contributed by atoms with E-state index in [4.69, 9.17) is 4.98 Å². The number of carbonyl (C=O) groups excluding carboxylic acids is 1. The Morgan fingerprint density at radius 1 is 1.00 bits per heavy atom. The van der Waals surface area contributed by atoms with Crippen molar-refractivity contribution >= 4 is 32.7 Å². The van der Waals surface area contributed by atoms with Gasteiger partial charge in [-0.2, -0.15) is 0 Å². The van der Waals surface area contributed by atoms with Crippen molar-refractivity contribution in [3.8, 4) is 11.3 Å². The van der Waals surface area contributed by atoms with Crippen molar-refractivity contribution in [3.63, 3.8) is 0 Å². The highest BCUT2D eigenvalue weighted by molar-refractivity contribution is 9.10. The highest BCUT2D eigenvalue weighted by Crippen LogP contribution is 2.27. The Balaban J connectivity index is 1.78. The number of carbonyl (C=O) groups is 1. The van der Waals surface area contributed by atoms with Gasteiger partial charge in [0.05, 0.1) is 16.8 Å². The summed E-state index contributed by atoms with van der Waals surface area (Å²) in [6.07, 6.45) is 1.00. The van der Waals surface area contributed by atoms with E-state index in [1.54, 1.807) is 0 Å². The van der Waals surface area contributed by atoms with Gasteiger partial charge in [-0.1, -0.05) is 46.3 Å². The number of likely N-dealkylation sites (N-methyl/N-ethyl adjacent to an activating group) is 1. The first-order valence-corrected chi connectivity index (χ1v) is 10.0. The van der Waals surface area contributed by atoms with Gasteiger partial charge < -0.3 is 9.80 Å². The van der Waals surface area contributed by atoms with Crippen molar-refractivity contribution in [2.45, 2.75) is 6.42 Å². The normalized spacial score (nSPS) is 15.7. The topological polar surface area (TPSA) is 36.4 Å². The van der Waals surface area contributed by atoms with Crippen LogP contribution in [0.4, 0.5) is 0 Å². The fraction of sp³-hybridized carbons (Fsp3) is 0.273. The summed E-state index contributed by atoms with van der Waals surface area (Å²) >= 11 is 3.47. The summed E-state index contributed by atoms with van der Waals surface area (Å²) in [6.45, 7) is 3.51. The summed E-state index contributed by atoms with van der Waals surface area (Å²) in [6, 6.07) is 17.9. The molecule has 0 unspecified atom stereocenters. The number of rotatable bonds is 2. The molecule has 0 N–H and O–H groups in total. The van der Waals surface area contributed by atoms with Crippen LogP contribution in [0.25, 0.3) is 22.2 Å². The molecule has 0 spiro atoms. The third kappa shape index (κ3) is 3.89. The van der Waals surface area contributed by atoms with Crippen LogP contribution in [-0.2, 0) is 0 Å². The SMILES string of the molecule is CN1CCCN(C(=O)c2cc(-c3ccc(Br)cc3)nc3ccccc23)CC1. The Morgan fingerprint density at radius 3 is 2.59 bits per heavy atom. The Bertz CT molecular complexity index is 971. The molecule has 2 aromatic carbocycles. The van der Waals surface area contributed by atoms with E-state index < -0.39 is 0 Å². The molecule has 1 saturated heterocycles. The predicted molar refractivity (Wildman–Crippen MR) is 113 cm³/mol. The molecule has 3 aromatic rings. The molecule has 1 fully saturated rings. The molecule has 4 rings (SSSR count). The van der Waals surface area contributed by atoms with Gasteiger partial charge in [0.1, 0.15) is 0 Å². The summed E-state index contributed by atoms with van der Waals surface area (Å²) in [5, 5.41) is 0.918. The maximum Gasteiger partial charge on any atom is 0.254 e. The van der Waals surface area contributed by atoms with Crippen LogP contribution in [0.1, 0.15) is 16.8 Å². The van der Waals surface area contributed by atoms with Crippen LogP contribution in [0.2, 0.25) is 0 Å². The molecule has 0 aliphatic carbocycles. The minimum atomic E-state index is 0.0993. The van der Waals surface area contributed by atoms with E-state index in [1.807, 2.05) is 59.5 Å². The monoisotopic (exact) mass is 423 g/mol. The van der Waals surface area contributed by atoms with Crippen molar-refractivity contribution in [2.75, 3.05) is 33.2 Å². The average molecular weight is 424 g/mol. The molecular weight excluding hydrogens is 402 g/mol. The molecule has 1 aliphatic heterocycles. The van der Waals surface area contributed by atoms with Crippen LogP contribution < -0.4 is 0 Å². The molecule has 0 radical (unpaired) electrons. The summed E-state index contributed by atoms with van der Waals surface area (Å²) in [5.74, 6) is 0.0993. The van der Waals surface area contributed by atoms with Crippen LogP contribution in [0, 0.1) is 0 Å². The van der Waals surface area contributed by atoms with Crippen LogP contribution in [0.3, 0.4) is 0 Å². The summed E-state index contributed by atoms with van der Waals surface area (Å²) in [5.41, 5.74) is 3.43. The van der Waals surface area contributed by atoms with E-state index in [9.17, 15) is 4.79 Å². The molecule has 4 nitrogen and oxygen atoms in total. The Morgan fingerprint density at radius 2 is 1.78 bits per heavy atom. The summed E-state index contributed by atoms with van der Waals surface area (Å²) in [4.78, 5) is 22.4. The van der Waals surface area contributed by atoms with E-state index in [0.29, 0.717) is 0 Å². The number of amides is 1. The second kappa shape index (κ2) is 7.79. The molecule has 27 heavy (non-hydrogen) atoms. The zero-order valence-electron chi connectivity index (χ0n) is 15.4. The number of pyridine rings is 1. The third-order valence-corrected chi connectivity index (χ3v) is 5.62. The van der Waals surface area contributed by atoms with Gasteiger partial charge in [-0.3, -0.25) is 4.79 Å². The van der Waals surface area contributed by atoms with Gasteiger partial charge in [0.2, 0.25) is 0 Å². The zero-order valence-corrected chi connectivity index (χ0v) is 16.9. The molecule has 138 valence electrons. The first kappa shape index (κ1) is 18.1. The predicted octanol–water partition coefficient (Wildman–Crippen LogP) is 4.44. The van der Waals surface area contributed by atoms with E-state index in [0.717, 1.165) is 64.8 Å². The van der Waals surface area contributed by atoms with Gasteiger partial charge in [0, 0.05) is 35.1 Å².